The van der Waals surface area contributed by atoms with Gasteiger partial charge in [-0.05, 0) is 75.1 Å². The predicted octanol–water partition coefficient (Wildman–Crippen LogP) is 4.31. The lowest BCUT2D eigenvalue weighted by Crippen LogP contribution is -2.32. The van der Waals surface area contributed by atoms with Crippen LogP contribution in [0.25, 0.3) is 0 Å². The Bertz CT molecular complexity index is 2930. The van der Waals surface area contributed by atoms with Crippen molar-refractivity contribution in [2.24, 2.45) is 0 Å². The summed E-state index contributed by atoms with van der Waals surface area (Å²) < 4.78 is 148. The number of nitrogens with zero attached hydrogens (tertiary/aromatic N) is 3. The van der Waals surface area contributed by atoms with Gasteiger partial charge in [0.2, 0.25) is 5.69 Å². The minimum atomic E-state index is -4.57. The average Bonchev–Trinajstić information content (AvgIpc) is 4.15. The Morgan fingerprint density at radius 2 is 1.14 bits per heavy atom. The van der Waals surface area contributed by atoms with Gasteiger partial charge in [0.05, 0.1) is 107 Å². The SMILES string of the molecule is COCC[N+]1=C(C=CC=CC=CC=C2N(CCOCCOCCOCCOCCOCCOCCC(=O)ON3C(=O)CCC3=O)c3ccc(S(=O)(=O)O)cc3C2(C)CCOC)C(C)(CCCS(=O)(=O)O)c2cc(S(=O)(=O)O)ccc21. The van der Waals surface area contributed by atoms with Gasteiger partial charge in [-0.25, -0.2) is 4.79 Å². The number of allylic oxidation sites excluding steroid dienone is 8. The molecule has 3 heterocycles. The van der Waals surface area contributed by atoms with Crippen LogP contribution < -0.4 is 4.90 Å². The first-order valence-corrected chi connectivity index (χ1v) is 30.4. The molecule has 80 heavy (non-hydrogen) atoms. The van der Waals surface area contributed by atoms with E-state index in [1.165, 1.54) is 24.3 Å². The van der Waals surface area contributed by atoms with E-state index in [-0.39, 0.29) is 74.9 Å². The molecule has 1 saturated heterocycles. The molecule has 2 aromatic rings. The van der Waals surface area contributed by atoms with Crippen molar-refractivity contribution >= 4 is 65.2 Å². The van der Waals surface area contributed by atoms with Crippen molar-refractivity contribution in [2.75, 3.05) is 130 Å². The molecule has 27 heteroatoms. The van der Waals surface area contributed by atoms with E-state index < -0.39 is 64.7 Å². The Hall–Kier alpha value is -5.11. The lowest BCUT2D eigenvalue weighted by Gasteiger charge is -2.30. The van der Waals surface area contributed by atoms with Crippen molar-refractivity contribution in [3.63, 3.8) is 0 Å². The van der Waals surface area contributed by atoms with Crippen LogP contribution in [0.4, 0.5) is 11.4 Å². The monoisotopic (exact) mass is 1180 g/mol. The van der Waals surface area contributed by atoms with Crippen molar-refractivity contribution in [1.82, 2.24) is 5.06 Å². The summed E-state index contributed by atoms with van der Waals surface area (Å²) in [7, 11) is -10.3. The number of ether oxygens (including phenoxy) is 8. The Balaban J connectivity index is 1.11. The molecule has 0 radical (unpaired) electrons. The fraction of sp³-hybridized carbons (Fsp3) is 0.547. The van der Waals surface area contributed by atoms with Gasteiger partial charge in [0.15, 0.2) is 12.3 Å². The number of carbonyl (C=O) groups excluding carboxylic acids is 3. The molecule has 0 bridgehead atoms. The topological polar surface area (TPSA) is 307 Å². The van der Waals surface area contributed by atoms with Gasteiger partial charge in [-0.3, -0.25) is 23.2 Å². The number of hydroxylamine groups is 2. The Morgan fingerprint density at radius 3 is 1.69 bits per heavy atom. The smallest absolute Gasteiger partial charge is 0.335 e. The molecular formula is C53H74N3O21S3+. The number of amides is 2. The summed E-state index contributed by atoms with van der Waals surface area (Å²) >= 11 is 0. The maximum absolute atomic E-state index is 12.3. The van der Waals surface area contributed by atoms with Gasteiger partial charge in [0.1, 0.15) is 6.61 Å². The van der Waals surface area contributed by atoms with E-state index in [9.17, 15) is 53.3 Å². The summed E-state index contributed by atoms with van der Waals surface area (Å²) in [4.78, 5) is 41.1. The summed E-state index contributed by atoms with van der Waals surface area (Å²) in [5.41, 5.74) is 2.44. The molecule has 0 aromatic heterocycles. The van der Waals surface area contributed by atoms with Crippen LogP contribution in [0.2, 0.25) is 0 Å². The molecule has 0 saturated carbocycles. The molecule has 3 aliphatic rings. The quantitative estimate of drug-likeness (QED) is 0.0277. The molecular weight excluding hydrogens is 1110 g/mol. The highest BCUT2D eigenvalue weighted by Gasteiger charge is 2.48. The number of hydrogen-bond donors (Lipinski definition) is 3. The highest BCUT2D eigenvalue weighted by molar-refractivity contribution is 7.86. The zero-order chi connectivity index (χ0) is 58.4. The number of methoxy groups -OCH3 is 2. The van der Waals surface area contributed by atoms with Crippen molar-refractivity contribution in [1.29, 1.82) is 0 Å². The second kappa shape index (κ2) is 31.4. The number of hydrogen-bond acceptors (Lipinski definition) is 19. The molecule has 0 spiro atoms. The first-order chi connectivity index (χ1) is 38.0. The number of imide groups is 1. The van der Waals surface area contributed by atoms with E-state index in [2.05, 4.69) is 0 Å². The zero-order valence-corrected chi connectivity index (χ0v) is 48.0. The first kappa shape index (κ1) is 65.7. The van der Waals surface area contributed by atoms with Crippen LogP contribution in [-0.2, 0) is 98.3 Å². The van der Waals surface area contributed by atoms with Gasteiger partial charge >= 0.3 is 5.97 Å². The van der Waals surface area contributed by atoms with E-state index in [0.717, 1.165) is 11.4 Å². The van der Waals surface area contributed by atoms with Crippen molar-refractivity contribution < 1.29 is 101 Å². The van der Waals surface area contributed by atoms with Gasteiger partial charge in [-0.1, -0.05) is 30.4 Å². The standard InChI is InChI=1S/C53H73N3O21S3/c1-52(20-10-38-78(60,61)62)43-39-41(79(63,64)65)13-15-45(43)54(22-26-70-4)47(52)11-8-6-5-7-9-12-48-53(2,21-25-69-3)44-40-42(80(66,67)68)14-16-46(44)55(48)23-27-72-29-31-74-33-35-76-37-36-75-34-32-73-30-28-71-24-19-51(59)77-56-49(57)17-18-50(56)58/h5-9,11-16,39-40H,10,17-38H2,1-4H3,(H2-,60,61,62,63,64,65,66,67,68)/p+1. The fourth-order valence-electron chi connectivity index (χ4n) is 9.29. The molecule has 2 unspecified atom stereocenters. The molecule has 0 aliphatic carbocycles. The molecule has 24 nitrogen and oxygen atoms in total. The fourth-order valence-corrected chi connectivity index (χ4v) is 10.8. The van der Waals surface area contributed by atoms with Gasteiger partial charge in [-0.15, -0.1) is 5.06 Å². The van der Waals surface area contributed by atoms with Crippen molar-refractivity contribution in [2.45, 2.75) is 73.0 Å². The molecule has 3 aliphatic heterocycles. The third kappa shape index (κ3) is 19.3. The normalized spacial score (nSPS) is 19.3. The lowest BCUT2D eigenvalue weighted by molar-refractivity contribution is -0.441. The molecule has 3 N–H and O–H groups in total. The molecule has 2 atom stereocenters. The highest BCUT2D eigenvalue weighted by Crippen LogP contribution is 2.51. The average molecular weight is 1190 g/mol. The van der Waals surface area contributed by atoms with Crippen LogP contribution in [0.3, 0.4) is 0 Å². The van der Waals surface area contributed by atoms with Crippen molar-refractivity contribution in [3.05, 3.63) is 95.8 Å². The third-order valence-electron chi connectivity index (χ3n) is 13.3. The number of fused-ring (bicyclic) bond motifs is 2. The predicted molar refractivity (Wildman–Crippen MR) is 291 cm³/mol. The van der Waals surface area contributed by atoms with E-state index in [0.29, 0.717) is 107 Å². The van der Waals surface area contributed by atoms with Crippen LogP contribution in [0.5, 0.6) is 0 Å². The number of rotatable bonds is 38. The van der Waals surface area contributed by atoms with E-state index in [4.69, 9.17) is 42.7 Å². The summed E-state index contributed by atoms with van der Waals surface area (Å²) in [6, 6.07) is 8.77. The van der Waals surface area contributed by atoms with Crippen LogP contribution in [0.1, 0.15) is 63.5 Å². The van der Waals surface area contributed by atoms with Gasteiger partial charge in [0, 0.05) is 74.7 Å². The van der Waals surface area contributed by atoms with Crippen LogP contribution in [0, 0.1) is 0 Å². The largest absolute Gasteiger partial charge is 0.385 e. The van der Waals surface area contributed by atoms with Crippen molar-refractivity contribution in [3.8, 4) is 0 Å². The second-order valence-electron chi connectivity index (χ2n) is 18.9. The summed E-state index contributed by atoms with van der Waals surface area (Å²) in [5.74, 6) is -2.33. The Labute approximate surface area is 468 Å². The van der Waals surface area contributed by atoms with Gasteiger partial charge < -0.3 is 47.6 Å². The minimum Gasteiger partial charge on any atom is -0.385 e. The van der Waals surface area contributed by atoms with Crippen LogP contribution >= 0.6 is 0 Å². The zero-order valence-electron chi connectivity index (χ0n) is 45.5. The number of carbonyl (C=O) groups is 3. The summed E-state index contributed by atoms with van der Waals surface area (Å²) in [6.07, 6.45) is 13.4. The summed E-state index contributed by atoms with van der Waals surface area (Å²) in [6.45, 7) is 8.65. The Kier molecular flexibility index (Phi) is 25.8. The highest BCUT2D eigenvalue weighted by atomic mass is 32.2. The van der Waals surface area contributed by atoms with Gasteiger partial charge in [-0.2, -0.15) is 29.8 Å². The summed E-state index contributed by atoms with van der Waals surface area (Å²) in [5, 5.41) is 0.497. The van der Waals surface area contributed by atoms with E-state index in [1.54, 1.807) is 44.6 Å². The third-order valence-corrected chi connectivity index (χ3v) is 15.8. The van der Waals surface area contributed by atoms with E-state index >= 15 is 0 Å². The molecule has 2 amide bonds. The number of benzene rings is 2. The van der Waals surface area contributed by atoms with Crippen LogP contribution in [-0.4, -0.2) is 198 Å². The minimum absolute atomic E-state index is 0.0254. The molecule has 444 valence electrons. The molecule has 2 aromatic carbocycles. The lowest BCUT2D eigenvalue weighted by atomic mass is 9.76. The molecule has 1 fully saturated rings. The number of anilines is 1. The van der Waals surface area contributed by atoms with E-state index in [1.807, 2.05) is 47.6 Å². The maximum atomic E-state index is 12.3. The second-order valence-corrected chi connectivity index (χ2v) is 23.4. The Morgan fingerprint density at radius 1 is 0.625 bits per heavy atom. The van der Waals surface area contributed by atoms with Gasteiger partial charge in [0.25, 0.3) is 42.2 Å². The van der Waals surface area contributed by atoms with Crippen LogP contribution in [0.15, 0.2) is 94.4 Å². The first-order valence-electron chi connectivity index (χ1n) is 25.9. The maximum Gasteiger partial charge on any atom is 0.335 e. The molecule has 5 rings (SSSR count).